The van der Waals surface area contributed by atoms with Gasteiger partial charge in [-0.2, -0.15) is 0 Å². The van der Waals surface area contributed by atoms with E-state index < -0.39 is 0 Å². The van der Waals surface area contributed by atoms with E-state index in [4.69, 9.17) is 15.7 Å². The van der Waals surface area contributed by atoms with Gasteiger partial charge in [0, 0.05) is 19.0 Å². The number of ether oxygens (including phenoxy) is 1. The molecule has 0 heterocycles. The van der Waals surface area contributed by atoms with Crippen LogP contribution in [0.5, 0.6) is 0 Å². The summed E-state index contributed by atoms with van der Waals surface area (Å²) in [6.45, 7) is 7.71. The van der Waals surface area contributed by atoms with E-state index in [2.05, 4.69) is 17.1 Å². The van der Waals surface area contributed by atoms with Gasteiger partial charge in [0.2, 0.25) is 0 Å². The molecule has 0 saturated heterocycles. The van der Waals surface area contributed by atoms with E-state index in [1.54, 1.807) is 0 Å². The Kier molecular flexibility index (Phi) is 8.81. The molecule has 0 rings (SSSR count). The molecule has 0 aliphatic heterocycles. The fraction of sp³-hybridized carbons (Fsp3) is 0.700. The minimum atomic E-state index is 0.184. The normalized spacial score (nSPS) is 13.8. The van der Waals surface area contributed by atoms with Crippen LogP contribution in [0.15, 0.2) is 17.8 Å². The smallest absolute Gasteiger partial charge is 0.140 e. The Morgan fingerprint density at radius 3 is 3.00 bits per heavy atom. The molecule has 0 saturated carbocycles. The van der Waals surface area contributed by atoms with Crippen LogP contribution in [-0.2, 0) is 4.74 Å². The minimum absolute atomic E-state index is 0.184. The summed E-state index contributed by atoms with van der Waals surface area (Å²) in [5.41, 5.74) is 5.36. The van der Waals surface area contributed by atoms with Crippen molar-refractivity contribution in [3.63, 3.8) is 0 Å². The molecule has 0 aromatic carbocycles. The number of nitrogens with one attached hydrogen (secondary N) is 1. The SMILES string of the molecule is C=CCCOCCNC(C)C/C(N)=N/O. The van der Waals surface area contributed by atoms with Crippen LogP contribution in [0.3, 0.4) is 0 Å². The van der Waals surface area contributed by atoms with Gasteiger partial charge in [-0.25, -0.2) is 0 Å². The van der Waals surface area contributed by atoms with Gasteiger partial charge < -0.3 is 21.0 Å². The summed E-state index contributed by atoms with van der Waals surface area (Å²) in [7, 11) is 0. The Bertz CT molecular complexity index is 195. The maximum atomic E-state index is 8.35. The lowest BCUT2D eigenvalue weighted by atomic mass is 10.2. The number of hydrogen-bond donors (Lipinski definition) is 3. The minimum Gasteiger partial charge on any atom is -0.409 e. The topological polar surface area (TPSA) is 79.9 Å². The summed E-state index contributed by atoms with van der Waals surface area (Å²) in [4.78, 5) is 0. The van der Waals surface area contributed by atoms with Crippen LogP contribution >= 0.6 is 0 Å². The zero-order valence-electron chi connectivity index (χ0n) is 9.28. The maximum absolute atomic E-state index is 8.35. The molecule has 0 aliphatic rings. The molecule has 88 valence electrons. The summed E-state index contributed by atoms with van der Waals surface area (Å²) in [6.07, 6.45) is 3.23. The maximum Gasteiger partial charge on any atom is 0.140 e. The van der Waals surface area contributed by atoms with Gasteiger partial charge in [0.15, 0.2) is 0 Å². The number of oxime groups is 1. The van der Waals surface area contributed by atoms with Crippen molar-refractivity contribution >= 4 is 5.84 Å². The first kappa shape index (κ1) is 13.9. The van der Waals surface area contributed by atoms with E-state index in [-0.39, 0.29) is 11.9 Å². The van der Waals surface area contributed by atoms with Gasteiger partial charge in [-0.05, 0) is 13.3 Å². The highest BCUT2D eigenvalue weighted by Gasteiger charge is 2.03. The fourth-order valence-electron chi connectivity index (χ4n) is 1.07. The molecule has 0 aromatic rings. The lowest BCUT2D eigenvalue weighted by Crippen LogP contribution is -2.33. The molecule has 15 heavy (non-hydrogen) atoms. The lowest BCUT2D eigenvalue weighted by molar-refractivity contribution is 0.139. The van der Waals surface area contributed by atoms with E-state index in [0.29, 0.717) is 19.6 Å². The molecular weight excluding hydrogens is 194 g/mol. The number of rotatable bonds is 9. The third kappa shape index (κ3) is 9.24. The zero-order valence-corrected chi connectivity index (χ0v) is 9.28. The molecule has 0 fully saturated rings. The van der Waals surface area contributed by atoms with Gasteiger partial charge in [-0.3, -0.25) is 0 Å². The molecule has 1 unspecified atom stereocenters. The predicted molar refractivity (Wildman–Crippen MR) is 61.1 cm³/mol. The second-order valence-electron chi connectivity index (χ2n) is 3.34. The molecule has 0 amide bonds. The van der Waals surface area contributed by atoms with Crippen molar-refractivity contribution in [1.29, 1.82) is 0 Å². The van der Waals surface area contributed by atoms with Crippen molar-refractivity contribution in [3.8, 4) is 0 Å². The first-order valence-electron chi connectivity index (χ1n) is 5.09. The molecule has 0 radical (unpaired) electrons. The van der Waals surface area contributed by atoms with Gasteiger partial charge in [0.05, 0.1) is 13.2 Å². The zero-order chi connectivity index (χ0) is 11.5. The van der Waals surface area contributed by atoms with Gasteiger partial charge in [-0.15, -0.1) is 6.58 Å². The summed E-state index contributed by atoms with van der Waals surface area (Å²) >= 11 is 0. The molecule has 0 aliphatic carbocycles. The van der Waals surface area contributed by atoms with Crippen LogP contribution in [-0.4, -0.2) is 36.8 Å². The summed E-state index contributed by atoms with van der Waals surface area (Å²) in [5, 5.41) is 14.5. The van der Waals surface area contributed by atoms with Gasteiger partial charge in [0.25, 0.3) is 0 Å². The Morgan fingerprint density at radius 2 is 2.40 bits per heavy atom. The van der Waals surface area contributed by atoms with Crippen LogP contribution in [0, 0.1) is 0 Å². The van der Waals surface area contributed by atoms with Crippen molar-refractivity contribution in [2.45, 2.75) is 25.8 Å². The van der Waals surface area contributed by atoms with Crippen LogP contribution < -0.4 is 11.1 Å². The van der Waals surface area contributed by atoms with Crippen molar-refractivity contribution < 1.29 is 9.94 Å². The lowest BCUT2D eigenvalue weighted by Gasteiger charge is -2.12. The van der Waals surface area contributed by atoms with E-state index >= 15 is 0 Å². The molecule has 5 nitrogen and oxygen atoms in total. The van der Waals surface area contributed by atoms with E-state index in [9.17, 15) is 0 Å². The Morgan fingerprint density at radius 1 is 1.67 bits per heavy atom. The monoisotopic (exact) mass is 215 g/mol. The molecule has 0 bridgehead atoms. The first-order chi connectivity index (χ1) is 7.20. The highest BCUT2D eigenvalue weighted by Crippen LogP contribution is 1.90. The summed E-state index contributed by atoms with van der Waals surface area (Å²) in [5.74, 6) is 0.238. The van der Waals surface area contributed by atoms with E-state index in [0.717, 1.165) is 13.0 Å². The van der Waals surface area contributed by atoms with Crippen molar-refractivity contribution in [1.82, 2.24) is 5.32 Å². The predicted octanol–water partition coefficient (Wildman–Crippen LogP) is 0.694. The second kappa shape index (κ2) is 9.48. The van der Waals surface area contributed by atoms with Gasteiger partial charge >= 0.3 is 0 Å². The van der Waals surface area contributed by atoms with Gasteiger partial charge in [0.1, 0.15) is 5.84 Å². The largest absolute Gasteiger partial charge is 0.409 e. The molecule has 4 N–H and O–H groups in total. The van der Waals surface area contributed by atoms with Gasteiger partial charge in [-0.1, -0.05) is 11.2 Å². The molecule has 0 aromatic heterocycles. The number of amidine groups is 1. The van der Waals surface area contributed by atoms with Crippen LogP contribution in [0.2, 0.25) is 0 Å². The van der Waals surface area contributed by atoms with Crippen molar-refractivity contribution in [2.75, 3.05) is 19.8 Å². The average Bonchev–Trinajstić information content (AvgIpc) is 2.23. The standard InChI is InChI=1S/C10H21N3O2/c1-3-4-6-15-7-5-12-9(2)8-10(11)13-14/h3,9,12,14H,1,4-8H2,2H3,(H2,11,13). The Balaban J connectivity index is 3.31. The molecule has 0 spiro atoms. The number of hydrogen-bond acceptors (Lipinski definition) is 4. The quantitative estimate of drug-likeness (QED) is 0.132. The average molecular weight is 215 g/mol. The third-order valence-electron chi connectivity index (χ3n) is 1.85. The van der Waals surface area contributed by atoms with E-state index in [1.807, 2.05) is 13.0 Å². The second-order valence-corrected chi connectivity index (χ2v) is 3.34. The van der Waals surface area contributed by atoms with Crippen molar-refractivity contribution in [2.24, 2.45) is 10.9 Å². The van der Waals surface area contributed by atoms with E-state index in [1.165, 1.54) is 0 Å². The molecule has 5 heteroatoms. The summed E-state index contributed by atoms with van der Waals surface area (Å²) in [6, 6.07) is 0.184. The third-order valence-corrected chi connectivity index (χ3v) is 1.85. The Hall–Kier alpha value is -1.07. The highest BCUT2D eigenvalue weighted by atomic mass is 16.5. The van der Waals surface area contributed by atoms with Crippen LogP contribution in [0.1, 0.15) is 19.8 Å². The molecular formula is C10H21N3O2. The first-order valence-corrected chi connectivity index (χ1v) is 5.09. The molecule has 1 atom stereocenters. The number of nitrogens with two attached hydrogens (primary N) is 1. The van der Waals surface area contributed by atoms with Crippen molar-refractivity contribution in [3.05, 3.63) is 12.7 Å². The highest BCUT2D eigenvalue weighted by molar-refractivity contribution is 5.80. The Labute approximate surface area is 91.0 Å². The van der Waals surface area contributed by atoms with Crippen LogP contribution in [0.25, 0.3) is 0 Å². The van der Waals surface area contributed by atoms with Crippen LogP contribution in [0.4, 0.5) is 0 Å². The summed E-state index contributed by atoms with van der Waals surface area (Å²) < 4.78 is 5.31. The fourth-order valence-corrected chi connectivity index (χ4v) is 1.07. The number of nitrogens with zero attached hydrogens (tertiary/aromatic N) is 1.